The highest BCUT2D eigenvalue weighted by atomic mass is 16.5. The Morgan fingerprint density at radius 2 is 1.64 bits per heavy atom. The number of nitriles is 1. The first-order chi connectivity index (χ1) is 21.6. The van der Waals surface area contributed by atoms with Crippen LogP contribution in [0.25, 0.3) is 0 Å². The summed E-state index contributed by atoms with van der Waals surface area (Å²) in [7, 11) is 4.80. The number of amides is 3. The van der Waals surface area contributed by atoms with E-state index in [0.29, 0.717) is 42.1 Å². The second-order valence-corrected chi connectivity index (χ2v) is 12.3. The van der Waals surface area contributed by atoms with Crippen molar-refractivity contribution in [1.29, 1.82) is 5.26 Å². The number of rotatable bonds is 8. The van der Waals surface area contributed by atoms with Gasteiger partial charge in [0.25, 0.3) is 11.8 Å². The monoisotopic (exact) mass is 611 g/mol. The molecule has 3 aromatic rings. The largest absolute Gasteiger partial charge is 0.459 e. The highest BCUT2D eigenvalue weighted by Gasteiger charge is 2.54. The molecular formula is C33H37N7O5. The maximum Gasteiger partial charge on any atom is 0.459 e. The van der Waals surface area contributed by atoms with E-state index in [1.807, 2.05) is 31.2 Å². The van der Waals surface area contributed by atoms with E-state index in [1.54, 1.807) is 38.2 Å². The summed E-state index contributed by atoms with van der Waals surface area (Å²) in [6.45, 7) is 2.03. The third kappa shape index (κ3) is 5.21. The second-order valence-electron chi connectivity index (χ2n) is 12.3. The quantitative estimate of drug-likeness (QED) is 0.344. The number of hydrogen-bond acceptors (Lipinski definition) is 8. The fourth-order valence-electron chi connectivity index (χ4n) is 7.49. The van der Waals surface area contributed by atoms with Gasteiger partial charge in [0.1, 0.15) is 6.04 Å². The normalized spacial score (nSPS) is 21.4. The number of likely N-dealkylation sites (tertiary alicyclic amines) is 1. The molecule has 0 radical (unpaired) electrons. The van der Waals surface area contributed by atoms with Crippen LogP contribution in [-0.2, 0) is 30.1 Å². The minimum atomic E-state index is -1.05. The van der Waals surface area contributed by atoms with Crippen LogP contribution in [0.1, 0.15) is 75.0 Å². The molecule has 234 valence electrons. The summed E-state index contributed by atoms with van der Waals surface area (Å²) in [6, 6.07) is 12.8. The van der Waals surface area contributed by atoms with Crippen molar-refractivity contribution >= 4 is 17.7 Å². The van der Waals surface area contributed by atoms with Crippen LogP contribution >= 0.6 is 0 Å². The Morgan fingerprint density at radius 1 is 1.04 bits per heavy atom. The molecule has 2 heterocycles. The summed E-state index contributed by atoms with van der Waals surface area (Å²) in [5, 5.41) is 18.4. The van der Waals surface area contributed by atoms with Crippen molar-refractivity contribution in [2.24, 2.45) is 13.0 Å². The molecule has 3 aliphatic rings. The van der Waals surface area contributed by atoms with Gasteiger partial charge in [0.05, 0.1) is 18.0 Å². The number of carbonyl (C=O) groups excluding carboxylic acids is 3. The predicted octanol–water partition coefficient (Wildman–Crippen LogP) is 1.41. The minimum Gasteiger partial charge on any atom is -0.355 e. The van der Waals surface area contributed by atoms with Crippen LogP contribution < -0.4 is 21.7 Å². The molecule has 1 aliphatic heterocycles. The molecule has 2 fully saturated rings. The van der Waals surface area contributed by atoms with E-state index in [0.717, 1.165) is 35.1 Å². The number of hydrogen-bond donors (Lipinski definition) is 3. The van der Waals surface area contributed by atoms with Gasteiger partial charge in [-0.1, -0.05) is 12.1 Å². The molecule has 1 saturated heterocycles. The van der Waals surface area contributed by atoms with E-state index in [9.17, 15) is 24.4 Å². The van der Waals surface area contributed by atoms with Crippen molar-refractivity contribution in [3.8, 4) is 6.07 Å². The summed E-state index contributed by atoms with van der Waals surface area (Å²) < 4.78 is 6.80. The van der Waals surface area contributed by atoms with Crippen molar-refractivity contribution < 1.29 is 18.9 Å². The lowest BCUT2D eigenvalue weighted by Gasteiger charge is -2.37. The summed E-state index contributed by atoms with van der Waals surface area (Å²) in [5.74, 6) is -0.480. The highest BCUT2D eigenvalue weighted by Crippen LogP contribution is 2.49. The van der Waals surface area contributed by atoms with Crippen molar-refractivity contribution in [3.05, 3.63) is 86.2 Å². The van der Waals surface area contributed by atoms with Crippen LogP contribution in [0.15, 0.2) is 45.7 Å². The van der Waals surface area contributed by atoms with Crippen LogP contribution in [0.4, 0.5) is 0 Å². The predicted molar refractivity (Wildman–Crippen MR) is 164 cm³/mol. The number of benzene rings is 2. The van der Waals surface area contributed by atoms with Crippen LogP contribution in [0.3, 0.4) is 0 Å². The fraction of sp³-hybridized carbons (Fsp3) is 0.455. The molecule has 2 aromatic carbocycles. The first kappa shape index (κ1) is 30.3. The van der Waals surface area contributed by atoms with E-state index < -0.39 is 11.2 Å². The molecule has 12 heteroatoms. The number of aryl methyl sites for hydroxylation is 3. The molecule has 3 N–H and O–H groups in total. The molecular weight excluding hydrogens is 574 g/mol. The van der Waals surface area contributed by atoms with E-state index in [1.165, 1.54) is 4.74 Å². The number of carbonyl (C=O) groups is 3. The molecule has 1 saturated carbocycles. The summed E-state index contributed by atoms with van der Waals surface area (Å²) >= 11 is 0. The standard InChI is InChI=1S/C33H37N7O5/c1-18(37-17-28(41)40-24(16-34)13-23-14-27(23)40)15-33(31-38-32(44)45-39(31)4)25-9-7-21(29(42)35-2)11-19(25)5-6-20-12-22(30(43)36-3)8-10-26(20)33/h7-12,18,23-24,27,37H,5-6,13-15,17H2,1-4H3,(H,35,42)(H,36,43)/t18-,23+,24-,27-/m0/s1. The molecule has 45 heavy (non-hydrogen) atoms. The SMILES string of the molecule is CNC(=O)c1ccc2c(c1)CCc1cc(C(=O)NC)ccc1C2(C[C@H](C)NCC(=O)N1[C@H](C#N)C[C@@H]2C[C@@H]21)c1nc(=O)on1C. The third-order valence-electron chi connectivity index (χ3n) is 9.62. The van der Waals surface area contributed by atoms with E-state index in [2.05, 4.69) is 27.0 Å². The van der Waals surface area contributed by atoms with Crippen LogP contribution in [0.2, 0.25) is 0 Å². The molecule has 1 aromatic heterocycles. The van der Waals surface area contributed by atoms with Gasteiger partial charge < -0.3 is 25.4 Å². The molecule has 0 unspecified atom stereocenters. The highest BCUT2D eigenvalue weighted by molar-refractivity contribution is 5.95. The molecule has 6 rings (SSSR count). The number of fused-ring (bicyclic) bond motifs is 3. The number of nitrogens with one attached hydrogen (secondary N) is 3. The fourth-order valence-corrected chi connectivity index (χ4v) is 7.49. The Bertz CT molecular complexity index is 1720. The topological polar surface area (TPSA) is 162 Å². The van der Waals surface area contributed by atoms with Gasteiger partial charge >= 0.3 is 5.76 Å². The number of piperidine rings is 1. The smallest absolute Gasteiger partial charge is 0.355 e. The van der Waals surface area contributed by atoms with Crippen LogP contribution in [0, 0.1) is 17.2 Å². The van der Waals surface area contributed by atoms with Gasteiger partial charge in [-0.15, -0.1) is 0 Å². The lowest BCUT2D eigenvalue weighted by atomic mass is 9.67. The molecule has 0 bridgehead atoms. The zero-order chi connectivity index (χ0) is 32.0. The lowest BCUT2D eigenvalue weighted by Crippen LogP contribution is -2.46. The van der Waals surface area contributed by atoms with Gasteiger partial charge in [-0.25, -0.2) is 4.79 Å². The Kier molecular flexibility index (Phi) is 7.82. The van der Waals surface area contributed by atoms with Gasteiger partial charge in [-0.05, 0) is 91.5 Å². The Balaban J connectivity index is 1.46. The van der Waals surface area contributed by atoms with Crippen LogP contribution in [0.5, 0.6) is 0 Å². The van der Waals surface area contributed by atoms with Crippen molar-refractivity contribution in [3.63, 3.8) is 0 Å². The van der Waals surface area contributed by atoms with Crippen molar-refractivity contribution in [2.45, 2.75) is 62.6 Å². The second kappa shape index (κ2) is 11.6. The molecule has 3 amide bonds. The first-order valence-corrected chi connectivity index (χ1v) is 15.3. The molecule has 4 atom stereocenters. The van der Waals surface area contributed by atoms with E-state index in [-0.39, 0.29) is 42.4 Å². The van der Waals surface area contributed by atoms with Gasteiger partial charge in [0.2, 0.25) is 5.91 Å². The Hall–Kier alpha value is -4.76. The van der Waals surface area contributed by atoms with Gasteiger partial charge in [-0.2, -0.15) is 15.0 Å². The Labute approximate surface area is 260 Å². The van der Waals surface area contributed by atoms with E-state index >= 15 is 0 Å². The van der Waals surface area contributed by atoms with Gasteiger partial charge in [-0.3, -0.25) is 14.4 Å². The summed E-state index contributed by atoms with van der Waals surface area (Å²) in [4.78, 5) is 57.4. The summed E-state index contributed by atoms with van der Waals surface area (Å²) in [5.41, 5.74) is 3.48. The van der Waals surface area contributed by atoms with E-state index in [4.69, 9.17) is 4.52 Å². The van der Waals surface area contributed by atoms with Gasteiger partial charge in [0.15, 0.2) is 5.82 Å². The molecule has 2 aliphatic carbocycles. The van der Waals surface area contributed by atoms with Gasteiger partial charge in [0, 0.05) is 44.4 Å². The maximum atomic E-state index is 13.3. The third-order valence-corrected chi connectivity index (χ3v) is 9.62. The minimum absolute atomic E-state index is 0.0569. The van der Waals surface area contributed by atoms with Crippen molar-refractivity contribution in [2.75, 3.05) is 20.6 Å². The zero-order valence-corrected chi connectivity index (χ0v) is 25.8. The molecule has 12 nitrogen and oxygen atoms in total. The first-order valence-electron chi connectivity index (χ1n) is 15.3. The average molecular weight is 612 g/mol. The molecule has 0 spiro atoms. The lowest BCUT2D eigenvalue weighted by molar-refractivity contribution is -0.131. The maximum absolute atomic E-state index is 13.3. The average Bonchev–Trinajstić information content (AvgIpc) is 3.61. The number of aromatic nitrogens is 2. The zero-order valence-electron chi connectivity index (χ0n) is 25.8. The van der Waals surface area contributed by atoms with Crippen molar-refractivity contribution in [1.82, 2.24) is 30.6 Å². The van der Waals surface area contributed by atoms with Crippen LogP contribution in [-0.4, -0.2) is 71.1 Å². The number of nitrogens with zero attached hydrogens (tertiary/aromatic N) is 4. The summed E-state index contributed by atoms with van der Waals surface area (Å²) in [6.07, 6.45) is 3.20. The Morgan fingerprint density at radius 3 is 2.16 bits per heavy atom.